The molecule has 2 aliphatic rings. The number of hydrogen-bond donors (Lipinski definition) is 2. The Labute approximate surface area is 185 Å². The Morgan fingerprint density at radius 3 is 2.68 bits per heavy atom. The third kappa shape index (κ3) is 7.20. The van der Waals surface area contributed by atoms with Crippen LogP contribution in [0.5, 0.6) is 0 Å². The van der Waals surface area contributed by atoms with E-state index in [1.807, 2.05) is 12.4 Å². The summed E-state index contributed by atoms with van der Waals surface area (Å²) in [6, 6.07) is 2.51. The molecular weight excluding hydrogens is 467 g/mol. The summed E-state index contributed by atoms with van der Waals surface area (Å²) < 4.78 is 0. The molecule has 1 aliphatic heterocycles. The van der Waals surface area contributed by atoms with Crippen molar-refractivity contribution >= 4 is 35.8 Å². The average molecular weight is 500 g/mol. The standard InChI is InChI=1S/C20H32N6O.HI/c1-3-22-20(23-9-7-17-6-8-21-14-16(17)2)26-12-10-25(11-13-26)15-19(27)24-18-4-5-18;/h6,8,14,18H,3-5,7,9-13,15H2,1-2H3,(H,22,23)(H,24,27);1H. The van der Waals surface area contributed by atoms with E-state index in [0.29, 0.717) is 12.6 Å². The Morgan fingerprint density at radius 1 is 1.29 bits per heavy atom. The minimum atomic E-state index is 0. The van der Waals surface area contributed by atoms with Crippen LogP contribution in [-0.2, 0) is 11.2 Å². The van der Waals surface area contributed by atoms with Crippen LogP contribution in [0.25, 0.3) is 0 Å². The number of pyridine rings is 1. The van der Waals surface area contributed by atoms with Crippen molar-refractivity contribution in [2.24, 2.45) is 4.99 Å². The van der Waals surface area contributed by atoms with Crippen molar-refractivity contribution < 1.29 is 4.79 Å². The number of nitrogens with zero attached hydrogens (tertiary/aromatic N) is 4. The van der Waals surface area contributed by atoms with Crippen LogP contribution in [0.2, 0.25) is 0 Å². The van der Waals surface area contributed by atoms with Gasteiger partial charge in [0.2, 0.25) is 5.91 Å². The molecule has 2 N–H and O–H groups in total. The Bertz CT molecular complexity index is 656. The zero-order valence-corrected chi connectivity index (χ0v) is 19.3. The normalized spacial score (nSPS) is 17.8. The average Bonchev–Trinajstić information content (AvgIpc) is 3.47. The van der Waals surface area contributed by atoms with Crippen LogP contribution in [0, 0.1) is 6.92 Å². The van der Waals surface area contributed by atoms with E-state index in [-0.39, 0.29) is 29.9 Å². The van der Waals surface area contributed by atoms with Crippen LogP contribution < -0.4 is 10.6 Å². The maximum atomic E-state index is 12.0. The Morgan fingerprint density at radius 2 is 2.04 bits per heavy atom. The Hall–Kier alpha value is -1.42. The molecule has 1 aromatic rings. The van der Waals surface area contributed by atoms with Crippen LogP contribution >= 0.6 is 24.0 Å². The number of aliphatic imine (C=N–C) groups is 1. The lowest BCUT2D eigenvalue weighted by Gasteiger charge is -2.36. The first-order chi connectivity index (χ1) is 13.2. The molecular formula is C20H33IN6O. The summed E-state index contributed by atoms with van der Waals surface area (Å²) in [6.45, 7) is 9.91. The topological polar surface area (TPSA) is 72.9 Å². The maximum Gasteiger partial charge on any atom is 0.234 e. The third-order valence-electron chi connectivity index (χ3n) is 5.10. The Balaban J connectivity index is 0.00000280. The maximum absolute atomic E-state index is 12.0. The number of hydrogen-bond acceptors (Lipinski definition) is 4. The number of aryl methyl sites for hydroxylation is 1. The fourth-order valence-electron chi connectivity index (χ4n) is 3.31. The van der Waals surface area contributed by atoms with Gasteiger partial charge >= 0.3 is 0 Å². The van der Waals surface area contributed by atoms with Gasteiger partial charge in [-0.25, -0.2) is 0 Å². The van der Waals surface area contributed by atoms with Gasteiger partial charge in [-0.2, -0.15) is 0 Å². The van der Waals surface area contributed by atoms with Crippen molar-refractivity contribution in [1.82, 2.24) is 25.4 Å². The molecule has 3 rings (SSSR count). The minimum Gasteiger partial charge on any atom is -0.357 e. The summed E-state index contributed by atoms with van der Waals surface area (Å²) in [7, 11) is 0. The van der Waals surface area contributed by atoms with Gasteiger partial charge < -0.3 is 15.5 Å². The van der Waals surface area contributed by atoms with E-state index in [9.17, 15) is 4.79 Å². The van der Waals surface area contributed by atoms with E-state index in [2.05, 4.69) is 45.3 Å². The second kappa shape index (κ2) is 11.5. The molecule has 2 fully saturated rings. The van der Waals surface area contributed by atoms with E-state index in [1.54, 1.807) is 0 Å². The monoisotopic (exact) mass is 500 g/mol. The molecule has 1 aromatic heterocycles. The number of nitrogens with one attached hydrogen (secondary N) is 2. The Kier molecular flexibility index (Phi) is 9.43. The lowest BCUT2D eigenvalue weighted by atomic mass is 10.1. The highest BCUT2D eigenvalue weighted by molar-refractivity contribution is 14.0. The molecule has 1 saturated carbocycles. The summed E-state index contributed by atoms with van der Waals surface area (Å²) in [4.78, 5) is 25.5. The van der Waals surface area contributed by atoms with Gasteiger partial charge in [-0.3, -0.25) is 19.7 Å². The zero-order valence-electron chi connectivity index (χ0n) is 17.0. The number of piperazine rings is 1. The molecule has 0 radical (unpaired) electrons. The second-order valence-electron chi connectivity index (χ2n) is 7.39. The molecule has 2 heterocycles. The van der Waals surface area contributed by atoms with E-state index in [1.165, 1.54) is 11.1 Å². The first-order valence-electron chi connectivity index (χ1n) is 10.1. The molecule has 1 aliphatic carbocycles. The number of carbonyl (C=O) groups is 1. The number of carbonyl (C=O) groups excluding carboxylic acids is 1. The zero-order chi connectivity index (χ0) is 19.1. The lowest BCUT2D eigenvalue weighted by Crippen LogP contribution is -2.54. The van der Waals surface area contributed by atoms with Crippen LogP contribution in [0.4, 0.5) is 0 Å². The minimum absolute atomic E-state index is 0. The fourth-order valence-corrected chi connectivity index (χ4v) is 3.31. The van der Waals surface area contributed by atoms with Gasteiger partial charge in [0.15, 0.2) is 5.96 Å². The lowest BCUT2D eigenvalue weighted by molar-refractivity contribution is -0.122. The molecule has 0 unspecified atom stereocenters. The molecule has 0 spiro atoms. The molecule has 1 amide bonds. The second-order valence-corrected chi connectivity index (χ2v) is 7.39. The number of aromatic nitrogens is 1. The quantitative estimate of drug-likeness (QED) is 0.337. The molecule has 7 nitrogen and oxygen atoms in total. The van der Waals surface area contributed by atoms with Gasteiger partial charge in [0.25, 0.3) is 0 Å². The molecule has 0 atom stereocenters. The largest absolute Gasteiger partial charge is 0.357 e. The molecule has 156 valence electrons. The smallest absolute Gasteiger partial charge is 0.234 e. The summed E-state index contributed by atoms with van der Waals surface area (Å²) in [6.07, 6.45) is 6.95. The van der Waals surface area contributed by atoms with Crippen LogP contribution in [0.3, 0.4) is 0 Å². The molecule has 1 saturated heterocycles. The van der Waals surface area contributed by atoms with E-state index in [4.69, 9.17) is 4.99 Å². The number of guanidine groups is 1. The number of halogens is 1. The first kappa shape index (κ1) is 22.9. The van der Waals surface area contributed by atoms with E-state index < -0.39 is 0 Å². The van der Waals surface area contributed by atoms with Crippen molar-refractivity contribution in [3.63, 3.8) is 0 Å². The van der Waals surface area contributed by atoms with Gasteiger partial charge in [-0.05, 0) is 50.3 Å². The number of amides is 1. The summed E-state index contributed by atoms with van der Waals surface area (Å²) in [5, 5.41) is 6.48. The first-order valence-corrected chi connectivity index (χ1v) is 10.1. The van der Waals surface area contributed by atoms with Crippen LogP contribution in [0.1, 0.15) is 30.9 Å². The van der Waals surface area contributed by atoms with Crippen molar-refractivity contribution in [3.05, 3.63) is 29.6 Å². The predicted octanol–water partition coefficient (Wildman–Crippen LogP) is 1.41. The van der Waals surface area contributed by atoms with Gasteiger partial charge in [0, 0.05) is 57.7 Å². The molecule has 8 heteroatoms. The van der Waals surface area contributed by atoms with E-state index >= 15 is 0 Å². The summed E-state index contributed by atoms with van der Waals surface area (Å²) >= 11 is 0. The van der Waals surface area contributed by atoms with Gasteiger partial charge in [-0.1, -0.05) is 0 Å². The molecule has 0 aromatic carbocycles. The van der Waals surface area contributed by atoms with Gasteiger partial charge in [-0.15, -0.1) is 24.0 Å². The predicted molar refractivity (Wildman–Crippen MR) is 123 cm³/mol. The van der Waals surface area contributed by atoms with Crippen LogP contribution in [0.15, 0.2) is 23.5 Å². The summed E-state index contributed by atoms with van der Waals surface area (Å²) in [5.41, 5.74) is 2.52. The SMILES string of the molecule is CCNC(=NCCc1ccncc1C)N1CCN(CC(=O)NC2CC2)CC1.I. The van der Waals surface area contributed by atoms with E-state index in [0.717, 1.165) is 64.5 Å². The highest BCUT2D eigenvalue weighted by Crippen LogP contribution is 2.18. The van der Waals surface area contributed by atoms with Crippen molar-refractivity contribution in [1.29, 1.82) is 0 Å². The van der Waals surface area contributed by atoms with Crippen LogP contribution in [-0.4, -0.2) is 78.5 Å². The van der Waals surface area contributed by atoms with Crippen molar-refractivity contribution in [2.45, 2.75) is 39.2 Å². The van der Waals surface area contributed by atoms with Gasteiger partial charge in [0.1, 0.15) is 0 Å². The number of rotatable bonds is 7. The molecule has 28 heavy (non-hydrogen) atoms. The highest BCUT2D eigenvalue weighted by atomic mass is 127. The van der Waals surface area contributed by atoms with Crippen molar-refractivity contribution in [2.75, 3.05) is 45.8 Å². The van der Waals surface area contributed by atoms with Gasteiger partial charge in [0.05, 0.1) is 6.54 Å². The van der Waals surface area contributed by atoms with Crippen molar-refractivity contribution in [3.8, 4) is 0 Å². The fraction of sp³-hybridized carbons (Fsp3) is 0.650. The third-order valence-corrected chi connectivity index (χ3v) is 5.10. The highest BCUT2D eigenvalue weighted by Gasteiger charge is 2.25. The summed E-state index contributed by atoms with van der Waals surface area (Å²) in [5.74, 6) is 1.14. The molecule has 0 bridgehead atoms.